The number of aryl methyl sites for hydroxylation is 1. The van der Waals surface area contributed by atoms with Crippen LogP contribution in [-0.4, -0.2) is 5.76 Å². The molecular weight excluding hydrogens is 367 g/mol. The maximum atomic E-state index is 13.3. The van der Waals surface area contributed by atoms with Crippen molar-refractivity contribution in [2.24, 2.45) is 0 Å². The van der Waals surface area contributed by atoms with Crippen LogP contribution in [0.3, 0.4) is 0 Å². The topological polar surface area (TPSA) is 25.2 Å². The van der Waals surface area contributed by atoms with Crippen molar-refractivity contribution in [3.63, 3.8) is 0 Å². The number of rotatable bonds is 6. The highest BCUT2D eigenvalue weighted by molar-refractivity contribution is 9.10. The Hall–Kier alpha value is -1.08. The number of hydrogen-bond donors (Lipinski definition) is 1. The van der Waals surface area contributed by atoms with Crippen molar-refractivity contribution < 1.29 is 17.6 Å². The molecule has 2 aromatic rings. The Kier molecular flexibility index (Phi) is 5.64. The molecule has 0 atom stereocenters. The van der Waals surface area contributed by atoms with Crippen LogP contribution in [0.25, 0.3) is 0 Å². The fourth-order valence-corrected chi connectivity index (χ4v) is 2.55. The number of hydrogen-bond acceptors (Lipinski definition) is 3. The lowest BCUT2D eigenvalue weighted by Gasteiger charge is -2.09. The van der Waals surface area contributed by atoms with Gasteiger partial charge in [-0.05, 0) is 52.7 Å². The highest BCUT2D eigenvalue weighted by atomic mass is 79.9. The van der Waals surface area contributed by atoms with Crippen LogP contribution in [0.5, 0.6) is 0 Å². The van der Waals surface area contributed by atoms with E-state index < -0.39 is 5.76 Å². The van der Waals surface area contributed by atoms with Crippen LogP contribution in [0.2, 0.25) is 0 Å². The van der Waals surface area contributed by atoms with Crippen molar-refractivity contribution >= 4 is 33.4 Å². The highest BCUT2D eigenvalue weighted by Gasteiger charge is 2.09. The number of nitrogens with one attached hydrogen (secondary N) is 1. The van der Waals surface area contributed by atoms with Gasteiger partial charge in [0, 0.05) is 5.69 Å². The first-order valence-corrected chi connectivity index (χ1v) is 7.96. The summed E-state index contributed by atoms with van der Waals surface area (Å²) in [6, 6.07) is 6.50. The Bertz CT molecular complexity index is 618. The molecule has 0 unspecified atom stereocenters. The predicted octanol–water partition coefficient (Wildman–Crippen LogP) is 5.56. The van der Waals surface area contributed by atoms with Gasteiger partial charge < -0.3 is 9.73 Å². The van der Waals surface area contributed by atoms with Crippen LogP contribution >= 0.6 is 27.7 Å². The van der Waals surface area contributed by atoms with Crippen LogP contribution in [0.4, 0.5) is 18.9 Å². The molecule has 0 saturated heterocycles. The van der Waals surface area contributed by atoms with Gasteiger partial charge in [0.05, 0.1) is 16.8 Å². The molecule has 0 radical (unpaired) electrons. The van der Waals surface area contributed by atoms with Crippen molar-refractivity contribution in [3.8, 4) is 0 Å². The fraction of sp³-hybridized carbons (Fsp3) is 0.286. The third kappa shape index (κ3) is 4.71. The maximum Gasteiger partial charge on any atom is 0.284 e. The van der Waals surface area contributed by atoms with Crippen molar-refractivity contribution in [2.45, 2.75) is 25.0 Å². The van der Waals surface area contributed by atoms with Gasteiger partial charge in [0.15, 0.2) is 0 Å². The largest absolute Gasteiger partial charge is 0.463 e. The molecule has 2 nitrogen and oxygen atoms in total. The SMILES string of the molecule is Cc1cc(F)c(Br)cc1NCc1ccc(CSC(F)F)o1. The van der Waals surface area contributed by atoms with E-state index in [9.17, 15) is 13.2 Å². The summed E-state index contributed by atoms with van der Waals surface area (Å²) in [6.45, 7) is 2.20. The van der Waals surface area contributed by atoms with Gasteiger partial charge in [0.25, 0.3) is 5.76 Å². The number of benzene rings is 1. The van der Waals surface area contributed by atoms with Gasteiger partial charge in [0.1, 0.15) is 17.3 Å². The molecule has 1 aromatic heterocycles. The molecule has 1 aromatic carbocycles. The van der Waals surface area contributed by atoms with E-state index in [2.05, 4.69) is 21.2 Å². The van der Waals surface area contributed by atoms with Crippen molar-refractivity contribution in [1.29, 1.82) is 0 Å². The average Bonchev–Trinajstić information content (AvgIpc) is 2.87. The molecule has 1 heterocycles. The molecule has 1 N–H and O–H groups in total. The molecule has 0 spiro atoms. The van der Waals surface area contributed by atoms with E-state index in [0.29, 0.717) is 34.3 Å². The predicted molar refractivity (Wildman–Crippen MR) is 82.2 cm³/mol. The molecule has 0 aliphatic rings. The number of anilines is 1. The van der Waals surface area contributed by atoms with E-state index >= 15 is 0 Å². The van der Waals surface area contributed by atoms with Crippen LogP contribution < -0.4 is 5.32 Å². The normalized spacial score (nSPS) is 11.1. The second kappa shape index (κ2) is 7.26. The molecule has 7 heteroatoms. The Morgan fingerprint density at radius 1 is 1.29 bits per heavy atom. The Morgan fingerprint density at radius 3 is 2.71 bits per heavy atom. The van der Waals surface area contributed by atoms with Crippen LogP contribution in [-0.2, 0) is 12.3 Å². The van der Waals surface area contributed by atoms with Gasteiger partial charge in [-0.3, -0.25) is 0 Å². The smallest absolute Gasteiger partial charge is 0.284 e. The van der Waals surface area contributed by atoms with Crippen molar-refractivity contribution in [1.82, 2.24) is 0 Å². The summed E-state index contributed by atoms with van der Waals surface area (Å²) < 4.78 is 43.3. The van der Waals surface area contributed by atoms with E-state index in [1.165, 1.54) is 6.07 Å². The Balaban J connectivity index is 1.96. The van der Waals surface area contributed by atoms with Crippen molar-refractivity contribution in [2.75, 3.05) is 5.32 Å². The molecule has 0 bridgehead atoms. The van der Waals surface area contributed by atoms with E-state index in [0.717, 1.165) is 11.3 Å². The lowest BCUT2D eigenvalue weighted by atomic mass is 10.2. The highest BCUT2D eigenvalue weighted by Crippen LogP contribution is 2.25. The van der Waals surface area contributed by atoms with Gasteiger partial charge in [-0.25, -0.2) is 4.39 Å². The molecule has 0 fully saturated rings. The average molecular weight is 380 g/mol. The van der Waals surface area contributed by atoms with E-state index in [4.69, 9.17) is 4.42 Å². The standard InChI is InChI=1S/C14H13BrF3NOS/c1-8-4-12(16)11(15)5-13(8)19-6-9-2-3-10(20-9)7-21-14(17)18/h2-5,14,19H,6-7H2,1H3. The van der Waals surface area contributed by atoms with E-state index in [1.807, 2.05) is 0 Å². The number of furan rings is 1. The summed E-state index contributed by atoms with van der Waals surface area (Å²) in [7, 11) is 0. The third-order valence-electron chi connectivity index (χ3n) is 2.79. The Morgan fingerprint density at radius 2 is 2.00 bits per heavy atom. The minimum Gasteiger partial charge on any atom is -0.463 e. The third-order valence-corrected chi connectivity index (χ3v) is 4.10. The van der Waals surface area contributed by atoms with E-state index in [1.54, 1.807) is 25.1 Å². The van der Waals surface area contributed by atoms with Crippen molar-refractivity contribution in [3.05, 3.63) is 51.6 Å². The summed E-state index contributed by atoms with van der Waals surface area (Å²) in [5, 5.41) is 3.13. The van der Waals surface area contributed by atoms with Crippen LogP contribution in [0, 0.1) is 12.7 Å². The minimum atomic E-state index is -2.41. The summed E-state index contributed by atoms with van der Waals surface area (Å²) in [5.41, 5.74) is 1.55. The van der Waals surface area contributed by atoms with Gasteiger partial charge in [-0.2, -0.15) is 8.78 Å². The summed E-state index contributed by atoms with van der Waals surface area (Å²) >= 11 is 3.66. The fourth-order valence-electron chi connectivity index (χ4n) is 1.76. The zero-order valence-corrected chi connectivity index (χ0v) is 13.5. The maximum absolute atomic E-state index is 13.3. The van der Waals surface area contributed by atoms with E-state index in [-0.39, 0.29) is 11.6 Å². The molecular formula is C14H13BrF3NOS. The number of thioether (sulfide) groups is 1. The second-order valence-electron chi connectivity index (χ2n) is 4.37. The Labute approximate surface area is 133 Å². The minimum absolute atomic E-state index is 0.138. The van der Waals surface area contributed by atoms with Crippen LogP contribution in [0.15, 0.2) is 33.2 Å². The molecule has 0 amide bonds. The number of halogens is 4. The lowest BCUT2D eigenvalue weighted by Crippen LogP contribution is -2.00. The van der Waals surface area contributed by atoms with Gasteiger partial charge >= 0.3 is 0 Å². The number of alkyl halides is 2. The molecule has 0 aliphatic heterocycles. The summed E-state index contributed by atoms with van der Waals surface area (Å²) in [6.07, 6.45) is 0. The zero-order valence-electron chi connectivity index (χ0n) is 11.1. The zero-order chi connectivity index (χ0) is 15.4. The molecule has 0 saturated carbocycles. The molecule has 0 aliphatic carbocycles. The van der Waals surface area contributed by atoms with Gasteiger partial charge in [0.2, 0.25) is 0 Å². The first kappa shape index (κ1) is 16.3. The molecule has 2 rings (SSSR count). The summed E-state index contributed by atoms with van der Waals surface area (Å²) in [4.78, 5) is 0. The monoisotopic (exact) mass is 379 g/mol. The quantitative estimate of drug-likeness (QED) is 0.711. The molecule has 21 heavy (non-hydrogen) atoms. The summed E-state index contributed by atoms with van der Waals surface area (Å²) in [5.74, 6) is -1.44. The molecule has 114 valence electrons. The van der Waals surface area contributed by atoms with Crippen LogP contribution in [0.1, 0.15) is 17.1 Å². The first-order valence-electron chi connectivity index (χ1n) is 6.12. The van der Waals surface area contributed by atoms with Gasteiger partial charge in [-0.15, -0.1) is 0 Å². The lowest BCUT2D eigenvalue weighted by molar-refractivity contribution is 0.251. The first-order chi connectivity index (χ1) is 9.95. The van der Waals surface area contributed by atoms with Gasteiger partial charge in [-0.1, -0.05) is 11.8 Å². The second-order valence-corrected chi connectivity index (χ2v) is 6.21.